The first-order valence-corrected chi connectivity index (χ1v) is 3.96. The Balaban J connectivity index is 3.22. The number of nitrogens with zero attached hydrogens (tertiary/aromatic N) is 1. The highest BCUT2D eigenvalue weighted by Gasteiger charge is 1.98. The molecule has 1 nitrogen and oxygen atoms in total. The van der Waals surface area contributed by atoms with Crippen molar-refractivity contribution in [2.75, 3.05) is 0 Å². The van der Waals surface area contributed by atoms with Crippen LogP contribution in [0.25, 0.3) is 10.6 Å². The van der Waals surface area contributed by atoms with Gasteiger partial charge in [0.1, 0.15) is 0 Å². The van der Waals surface area contributed by atoms with E-state index in [-0.39, 0.29) is 0 Å². The van der Waals surface area contributed by atoms with E-state index in [1.165, 1.54) is 0 Å². The number of halogens is 1. The van der Waals surface area contributed by atoms with E-state index in [4.69, 9.17) is 0 Å². The maximum absolute atomic E-state index is 3.97. The molecule has 1 heterocycles. The summed E-state index contributed by atoms with van der Waals surface area (Å²) in [5, 5.41) is 0. The summed E-state index contributed by atoms with van der Waals surface area (Å²) in [6.45, 7) is 7.45. The minimum atomic E-state index is 0.856. The molecule has 0 bridgehead atoms. The minimum absolute atomic E-state index is 0.856. The van der Waals surface area contributed by atoms with Crippen molar-refractivity contribution in [1.29, 1.82) is 0 Å². The molecule has 0 saturated heterocycles. The van der Waals surface area contributed by atoms with Crippen LogP contribution in [0.1, 0.15) is 11.1 Å². The molecule has 0 aromatic carbocycles. The Hall–Kier alpha value is -0.890. The molecular weight excluding hydrogens is 202 g/mol. The third-order valence-corrected chi connectivity index (χ3v) is 1.79. The summed E-state index contributed by atoms with van der Waals surface area (Å²) in [6, 6.07) is 1.90. The average molecular weight is 210 g/mol. The second kappa shape index (κ2) is 3.49. The number of rotatable bonds is 2. The van der Waals surface area contributed by atoms with E-state index in [0.717, 1.165) is 15.6 Å². The molecule has 0 aliphatic heterocycles. The summed E-state index contributed by atoms with van der Waals surface area (Å²) in [6.07, 6.45) is 5.25. The normalized spacial score (nSPS) is 9.18. The van der Waals surface area contributed by atoms with Crippen molar-refractivity contribution >= 4 is 26.5 Å². The van der Waals surface area contributed by atoms with Crippen molar-refractivity contribution < 1.29 is 0 Å². The molecule has 0 atom stereocenters. The van der Waals surface area contributed by atoms with Crippen molar-refractivity contribution in [3.63, 3.8) is 0 Å². The monoisotopic (exact) mass is 209 g/mol. The quantitative estimate of drug-likeness (QED) is 0.730. The summed E-state index contributed by atoms with van der Waals surface area (Å²) in [5.74, 6) is 0. The van der Waals surface area contributed by atoms with Crippen LogP contribution in [0, 0.1) is 0 Å². The molecule has 1 aromatic heterocycles. The van der Waals surface area contributed by atoms with Crippen molar-refractivity contribution in [2.24, 2.45) is 0 Å². The van der Waals surface area contributed by atoms with Crippen molar-refractivity contribution in [3.8, 4) is 0 Å². The van der Waals surface area contributed by atoms with Gasteiger partial charge in [-0.2, -0.15) is 0 Å². The zero-order chi connectivity index (χ0) is 8.27. The van der Waals surface area contributed by atoms with Crippen LogP contribution < -0.4 is 0 Å². The zero-order valence-corrected chi connectivity index (χ0v) is 7.63. The highest BCUT2D eigenvalue weighted by Crippen LogP contribution is 2.22. The predicted molar refractivity (Wildman–Crippen MR) is 52.3 cm³/mol. The van der Waals surface area contributed by atoms with Crippen LogP contribution in [-0.4, -0.2) is 4.98 Å². The average Bonchev–Trinajstić information content (AvgIpc) is 2.04. The van der Waals surface area contributed by atoms with Gasteiger partial charge < -0.3 is 0 Å². The largest absolute Gasteiger partial charge is 0.264 e. The fourth-order valence-electron chi connectivity index (χ4n) is 0.816. The highest BCUT2D eigenvalue weighted by atomic mass is 79.9. The standard InChI is InChI=1S/C9H8BrN/c1-3-8-6-11-5-4-9(8)7(2)10/h3-6H,1-2H2. The van der Waals surface area contributed by atoms with Crippen LogP contribution >= 0.6 is 15.9 Å². The molecule has 0 fully saturated rings. The predicted octanol–water partition coefficient (Wildman–Crippen LogP) is 3.09. The Morgan fingerprint density at radius 1 is 1.64 bits per heavy atom. The zero-order valence-electron chi connectivity index (χ0n) is 6.05. The highest BCUT2D eigenvalue weighted by molar-refractivity contribution is 9.15. The van der Waals surface area contributed by atoms with Crippen LogP contribution in [0.2, 0.25) is 0 Å². The van der Waals surface area contributed by atoms with Crippen LogP contribution in [0.15, 0.2) is 31.6 Å². The van der Waals surface area contributed by atoms with Gasteiger partial charge in [0.25, 0.3) is 0 Å². The third-order valence-electron chi connectivity index (χ3n) is 1.36. The van der Waals surface area contributed by atoms with E-state index in [0.29, 0.717) is 0 Å². The number of hydrogen-bond donors (Lipinski definition) is 0. The summed E-state index contributed by atoms with van der Waals surface area (Å²) >= 11 is 3.30. The number of pyridine rings is 1. The van der Waals surface area contributed by atoms with E-state index < -0.39 is 0 Å². The van der Waals surface area contributed by atoms with Gasteiger partial charge in [-0.05, 0) is 11.6 Å². The summed E-state index contributed by atoms with van der Waals surface area (Å²) in [4.78, 5) is 3.97. The second-order valence-electron chi connectivity index (χ2n) is 2.07. The van der Waals surface area contributed by atoms with Gasteiger partial charge in [-0.3, -0.25) is 4.98 Å². The maximum atomic E-state index is 3.97. The lowest BCUT2D eigenvalue weighted by atomic mass is 10.1. The van der Waals surface area contributed by atoms with Gasteiger partial charge in [-0.25, -0.2) is 0 Å². The Morgan fingerprint density at radius 2 is 2.36 bits per heavy atom. The third kappa shape index (κ3) is 1.77. The van der Waals surface area contributed by atoms with E-state index in [1.54, 1.807) is 18.5 Å². The molecule has 0 aliphatic rings. The summed E-state index contributed by atoms with van der Waals surface area (Å²) in [5.41, 5.74) is 2.03. The fourth-order valence-corrected chi connectivity index (χ4v) is 1.18. The summed E-state index contributed by atoms with van der Waals surface area (Å²) < 4.78 is 0.856. The molecule has 0 aliphatic carbocycles. The first kappa shape index (κ1) is 8.21. The Labute approximate surface area is 74.6 Å². The Kier molecular flexibility index (Phi) is 2.60. The minimum Gasteiger partial charge on any atom is -0.264 e. The topological polar surface area (TPSA) is 12.9 Å². The van der Waals surface area contributed by atoms with Gasteiger partial charge in [0.05, 0.1) is 0 Å². The SMILES string of the molecule is C=Cc1cnccc1C(=C)Br. The lowest BCUT2D eigenvalue weighted by Gasteiger charge is -2.00. The molecule has 11 heavy (non-hydrogen) atoms. The molecular formula is C9H8BrN. The molecule has 1 aromatic rings. The van der Waals surface area contributed by atoms with E-state index in [9.17, 15) is 0 Å². The lowest BCUT2D eigenvalue weighted by Crippen LogP contribution is -1.83. The van der Waals surface area contributed by atoms with E-state index in [1.807, 2.05) is 6.07 Å². The summed E-state index contributed by atoms with van der Waals surface area (Å²) in [7, 11) is 0. The van der Waals surface area contributed by atoms with Crippen molar-refractivity contribution in [1.82, 2.24) is 4.98 Å². The molecule has 0 N–H and O–H groups in total. The van der Waals surface area contributed by atoms with Gasteiger partial charge in [-0.1, -0.05) is 35.2 Å². The first-order chi connectivity index (χ1) is 5.25. The Morgan fingerprint density at radius 3 is 2.82 bits per heavy atom. The lowest BCUT2D eigenvalue weighted by molar-refractivity contribution is 1.31. The molecule has 0 spiro atoms. The van der Waals surface area contributed by atoms with Crippen LogP contribution in [0.4, 0.5) is 0 Å². The van der Waals surface area contributed by atoms with Gasteiger partial charge >= 0.3 is 0 Å². The molecule has 1 rings (SSSR count). The molecule has 0 amide bonds. The smallest absolute Gasteiger partial charge is 0.0346 e. The first-order valence-electron chi connectivity index (χ1n) is 3.17. The molecule has 56 valence electrons. The number of aromatic nitrogens is 1. The molecule has 0 radical (unpaired) electrons. The molecule has 0 unspecified atom stereocenters. The fraction of sp³-hybridized carbons (Fsp3) is 0. The van der Waals surface area contributed by atoms with Crippen LogP contribution in [-0.2, 0) is 0 Å². The second-order valence-corrected chi connectivity index (χ2v) is 3.03. The molecule has 2 heteroatoms. The van der Waals surface area contributed by atoms with E-state index >= 15 is 0 Å². The van der Waals surface area contributed by atoms with Crippen molar-refractivity contribution in [2.45, 2.75) is 0 Å². The van der Waals surface area contributed by atoms with E-state index in [2.05, 4.69) is 34.1 Å². The van der Waals surface area contributed by atoms with Crippen molar-refractivity contribution in [3.05, 3.63) is 42.7 Å². The number of hydrogen-bond acceptors (Lipinski definition) is 1. The van der Waals surface area contributed by atoms with Crippen LogP contribution in [0.3, 0.4) is 0 Å². The maximum Gasteiger partial charge on any atom is 0.0346 e. The van der Waals surface area contributed by atoms with Gasteiger partial charge in [0.2, 0.25) is 0 Å². The van der Waals surface area contributed by atoms with Gasteiger partial charge in [0.15, 0.2) is 0 Å². The molecule has 0 saturated carbocycles. The van der Waals surface area contributed by atoms with Gasteiger partial charge in [0, 0.05) is 22.4 Å². The van der Waals surface area contributed by atoms with Gasteiger partial charge in [-0.15, -0.1) is 0 Å². The Bertz CT molecular complexity index is 291. The van der Waals surface area contributed by atoms with Crippen LogP contribution in [0.5, 0.6) is 0 Å².